The molecule has 3 aromatic rings. The van der Waals surface area contributed by atoms with Crippen molar-refractivity contribution in [2.24, 2.45) is 0 Å². The lowest BCUT2D eigenvalue weighted by atomic mass is 10.0. The van der Waals surface area contributed by atoms with Crippen molar-refractivity contribution < 1.29 is 14.3 Å². The average Bonchev–Trinajstić information content (AvgIpc) is 2.84. The van der Waals surface area contributed by atoms with E-state index in [0.29, 0.717) is 18.7 Å². The summed E-state index contributed by atoms with van der Waals surface area (Å²) in [6.45, 7) is 4.23. The molecule has 1 heterocycles. The molecule has 2 N–H and O–H groups in total. The van der Waals surface area contributed by atoms with Crippen LogP contribution < -0.4 is 10.6 Å². The highest BCUT2D eigenvalue weighted by Gasteiger charge is 2.21. The standard InChI is InChI=1S/C26H27Cl2N3O3S/c1-3-12-35-20-7-5-6-19(14-20)30-23(26(33)34-4-2)13-17-8-10-18(11-9-17)31-25(32)24-21(27)15-29-16-22(24)28/h5-11,14-16,23,30H,3-4,12-13H2,1-2H3,(H,31,32). The van der Waals surface area contributed by atoms with Crippen LogP contribution in [-0.4, -0.2) is 35.3 Å². The second kappa shape index (κ2) is 13.4. The first-order valence-corrected chi connectivity index (χ1v) is 13.0. The molecule has 0 aliphatic carbocycles. The molecule has 0 aliphatic rings. The number of aromatic nitrogens is 1. The van der Waals surface area contributed by atoms with Gasteiger partial charge in [-0.1, -0.05) is 48.3 Å². The van der Waals surface area contributed by atoms with Crippen LogP contribution in [-0.2, 0) is 16.0 Å². The molecule has 184 valence electrons. The molecule has 0 bridgehead atoms. The largest absolute Gasteiger partial charge is 0.464 e. The lowest BCUT2D eigenvalue weighted by Crippen LogP contribution is -2.33. The Hall–Kier alpha value is -2.74. The third-order valence-electron chi connectivity index (χ3n) is 4.95. The second-order valence-electron chi connectivity index (χ2n) is 7.66. The van der Waals surface area contributed by atoms with Crippen molar-refractivity contribution >= 4 is 58.2 Å². The molecule has 35 heavy (non-hydrogen) atoms. The number of carbonyl (C=O) groups is 2. The van der Waals surface area contributed by atoms with Crippen molar-refractivity contribution in [1.82, 2.24) is 4.98 Å². The number of thioether (sulfide) groups is 1. The van der Waals surface area contributed by atoms with Gasteiger partial charge in [-0.05, 0) is 55.0 Å². The number of amides is 1. The van der Waals surface area contributed by atoms with Gasteiger partial charge in [0.1, 0.15) is 6.04 Å². The summed E-state index contributed by atoms with van der Waals surface area (Å²) >= 11 is 13.9. The lowest BCUT2D eigenvalue weighted by Gasteiger charge is -2.19. The fraction of sp³-hybridized carbons (Fsp3) is 0.269. The predicted molar refractivity (Wildman–Crippen MR) is 144 cm³/mol. The number of hydrogen-bond donors (Lipinski definition) is 2. The molecule has 1 unspecified atom stereocenters. The maximum absolute atomic E-state index is 12.7. The van der Waals surface area contributed by atoms with Crippen molar-refractivity contribution in [2.75, 3.05) is 23.0 Å². The van der Waals surface area contributed by atoms with E-state index in [1.807, 2.05) is 30.3 Å². The van der Waals surface area contributed by atoms with E-state index in [9.17, 15) is 9.59 Å². The van der Waals surface area contributed by atoms with E-state index in [2.05, 4.69) is 28.6 Å². The quantitative estimate of drug-likeness (QED) is 0.211. The fourth-order valence-electron chi connectivity index (χ4n) is 3.31. The molecule has 1 amide bonds. The number of pyridine rings is 1. The Kier molecular flexibility index (Phi) is 10.3. The molecule has 0 saturated heterocycles. The Bertz CT molecular complexity index is 1140. The molecule has 0 saturated carbocycles. The maximum Gasteiger partial charge on any atom is 0.328 e. The van der Waals surface area contributed by atoms with E-state index in [1.165, 1.54) is 12.4 Å². The van der Waals surface area contributed by atoms with E-state index in [1.54, 1.807) is 30.8 Å². The van der Waals surface area contributed by atoms with Gasteiger partial charge in [0.05, 0.1) is 22.2 Å². The second-order valence-corrected chi connectivity index (χ2v) is 9.64. The first-order chi connectivity index (χ1) is 16.9. The summed E-state index contributed by atoms with van der Waals surface area (Å²) in [5.41, 5.74) is 2.51. The third-order valence-corrected chi connectivity index (χ3v) is 6.72. The Morgan fingerprint density at radius 1 is 1.03 bits per heavy atom. The number of carbonyl (C=O) groups excluding carboxylic acids is 2. The van der Waals surface area contributed by atoms with E-state index in [-0.39, 0.29) is 21.6 Å². The van der Waals surface area contributed by atoms with Gasteiger partial charge >= 0.3 is 5.97 Å². The Balaban J connectivity index is 1.70. The SMILES string of the molecule is CCCSc1cccc(NC(Cc2ccc(NC(=O)c3c(Cl)cncc3Cl)cc2)C(=O)OCC)c1. The van der Waals surface area contributed by atoms with Crippen LogP contribution in [0.15, 0.2) is 65.8 Å². The van der Waals surface area contributed by atoms with Gasteiger partial charge in [0.15, 0.2) is 0 Å². The van der Waals surface area contributed by atoms with Crippen molar-refractivity contribution in [3.8, 4) is 0 Å². The normalized spacial score (nSPS) is 11.5. The maximum atomic E-state index is 12.7. The molecular formula is C26H27Cl2N3O3S. The number of halogens is 2. The topological polar surface area (TPSA) is 80.3 Å². The first kappa shape index (κ1) is 26.9. The molecular weight excluding hydrogens is 505 g/mol. The number of benzene rings is 2. The summed E-state index contributed by atoms with van der Waals surface area (Å²) in [6.07, 6.45) is 4.24. The fourth-order valence-corrected chi connectivity index (χ4v) is 4.68. The van der Waals surface area contributed by atoms with Gasteiger partial charge in [-0.15, -0.1) is 11.8 Å². The first-order valence-electron chi connectivity index (χ1n) is 11.3. The zero-order chi connectivity index (χ0) is 25.2. The van der Waals surface area contributed by atoms with Gasteiger partial charge in [-0.2, -0.15) is 0 Å². The highest BCUT2D eigenvalue weighted by molar-refractivity contribution is 7.99. The highest BCUT2D eigenvalue weighted by atomic mass is 35.5. The number of hydrogen-bond acceptors (Lipinski definition) is 6. The van der Waals surface area contributed by atoms with Crippen LogP contribution in [0.4, 0.5) is 11.4 Å². The van der Waals surface area contributed by atoms with Crippen molar-refractivity contribution in [2.45, 2.75) is 37.6 Å². The summed E-state index contributed by atoms with van der Waals surface area (Å²) in [6, 6.07) is 14.7. The summed E-state index contributed by atoms with van der Waals surface area (Å²) in [5.74, 6) is 0.285. The van der Waals surface area contributed by atoms with Gasteiger partial charge in [0.2, 0.25) is 0 Å². The average molecular weight is 532 g/mol. The van der Waals surface area contributed by atoms with Crippen LogP contribution in [0.5, 0.6) is 0 Å². The summed E-state index contributed by atoms with van der Waals surface area (Å²) in [4.78, 5) is 30.3. The molecule has 6 nitrogen and oxygen atoms in total. The Morgan fingerprint density at radius 3 is 2.40 bits per heavy atom. The van der Waals surface area contributed by atoms with Gasteiger partial charge in [0, 0.05) is 35.1 Å². The zero-order valence-electron chi connectivity index (χ0n) is 19.5. The number of esters is 1. The van der Waals surface area contributed by atoms with Crippen molar-refractivity contribution in [1.29, 1.82) is 0 Å². The molecule has 2 aromatic carbocycles. The molecule has 0 spiro atoms. The van der Waals surface area contributed by atoms with E-state index in [0.717, 1.165) is 28.3 Å². The number of anilines is 2. The minimum Gasteiger partial charge on any atom is -0.464 e. The molecule has 9 heteroatoms. The summed E-state index contributed by atoms with van der Waals surface area (Å²) < 4.78 is 5.30. The minimum atomic E-state index is -0.559. The third kappa shape index (κ3) is 7.88. The minimum absolute atomic E-state index is 0.165. The summed E-state index contributed by atoms with van der Waals surface area (Å²) in [5, 5.41) is 6.44. The van der Waals surface area contributed by atoms with Gasteiger partial charge in [-0.3, -0.25) is 9.78 Å². The molecule has 1 aromatic heterocycles. The Labute approximate surface area is 219 Å². The van der Waals surface area contributed by atoms with Crippen LogP contribution in [0.25, 0.3) is 0 Å². The smallest absolute Gasteiger partial charge is 0.328 e. The van der Waals surface area contributed by atoms with E-state index in [4.69, 9.17) is 27.9 Å². The molecule has 0 radical (unpaired) electrons. The molecule has 1 atom stereocenters. The van der Waals surface area contributed by atoms with E-state index >= 15 is 0 Å². The number of nitrogens with zero attached hydrogens (tertiary/aromatic N) is 1. The van der Waals surface area contributed by atoms with Gasteiger partial charge in [0.25, 0.3) is 5.91 Å². The summed E-state index contributed by atoms with van der Waals surface area (Å²) in [7, 11) is 0. The van der Waals surface area contributed by atoms with Crippen LogP contribution >= 0.6 is 35.0 Å². The molecule has 0 fully saturated rings. The number of rotatable bonds is 11. The molecule has 0 aliphatic heterocycles. The number of nitrogens with one attached hydrogen (secondary N) is 2. The van der Waals surface area contributed by atoms with Crippen LogP contribution in [0, 0.1) is 0 Å². The van der Waals surface area contributed by atoms with Crippen LogP contribution in [0.2, 0.25) is 10.0 Å². The zero-order valence-corrected chi connectivity index (χ0v) is 21.8. The van der Waals surface area contributed by atoms with E-state index < -0.39 is 11.9 Å². The lowest BCUT2D eigenvalue weighted by molar-refractivity contribution is -0.144. The van der Waals surface area contributed by atoms with Crippen LogP contribution in [0.1, 0.15) is 36.2 Å². The number of ether oxygens (including phenoxy) is 1. The Morgan fingerprint density at radius 2 is 1.74 bits per heavy atom. The van der Waals surface area contributed by atoms with Crippen molar-refractivity contribution in [3.63, 3.8) is 0 Å². The highest BCUT2D eigenvalue weighted by Crippen LogP contribution is 2.25. The molecule has 3 rings (SSSR count). The van der Waals surface area contributed by atoms with Crippen LogP contribution in [0.3, 0.4) is 0 Å². The monoisotopic (exact) mass is 531 g/mol. The van der Waals surface area contributed by atoms with Gasteiger partial charge < -0.3 is 15.4 Å². The predicted octanol–water partition coefficient (Wildman–Crippen LogP) is 6.73. The van der Waals surface area contributed by atoms with Crippen molar-refractivity contribution in [3.05, 3.63) is 82.1 Å². The van der Waals surface area contributed by atoms with Gasteiger partial charge in [-0.25, -0.2) is 4.79 Å².